The second kappa shape index (κ2) is 6.97. The molecule has 100 valence electrons. The van der Waals surface area contributed by atoms with Gasteiger partial charge in [-0.05, 0) is 46.6 Å². The number of nitrogens with one attached hydrogen (secondary N) is 1. The smallest absolute Gasteiger partial charge is 0.246 e. The summed E-state index contributed by atoms with van der Waals surface area (Å²) in [5, 5.41) is 2.95. The van der Waals surface area contributed by atoms with Crippen LogP contribution in [0.25, 0.3) is 0 Å². The topological polar surface area (TPSA) is 41.6 Å². The van der Waals surface area contributed by atoms with Gasteiger partial charge in [0.05, 0.1) is 6.10 Å². The minimum atomic E-state index is 0.00157. The fraction of sp³-hybridized carbons (Fsp3) is 0.923. The summed E-state index contributed by atoms with van der Waals surface area (Å²) < 4.78 is 5.26. The lowest BCUT2D eigenvalue weighted by Crippen LogP contribution is -2.35. The average Bonchev–Trinajstić information content (AvgIpc) is 2.72. The third-order valence-electron chi connectivity index (χ3n) is 3.18. The first kappa shape index (κ1) is 14.5. The minimum Gasteiger partial charge on any atom is -0.369 e. The molecule has 4 nitrogen and oxygen atoms in total. The van der Waals surface area contributed by atoms with Gasteiger partial charge in [-0.3, -0.25) is 4.79 Å². The maximum absolute atomic E-state index is 11.5. The molecule has 0 aliphatic carbocycles. The number of hydrogen-bond donors (Lipinski definition) is 1. The Morgan fingerprint density at radius 3 is 2.65 bits per heavy atom. The summed E-state index contributed by atoms with van der Waals surface area (Å²) in [7, 11) is 0. The molecule has 17 heavy (non-hydrogen) atoms. The Balaban J connectivity index is 2.13. The van der Waals surface area contributed by atoms with Gasteiger partial charge in [0, 0.05) is 19.1 Å². The normalized spacial score (nSPS) is 21.4. The van der Waals surface area contributed by atoms with Crippen molar-refractivity contribution in [2.45, 2.75) is 46.3 Å². The van der Waals surface area contributed by atoms with E-state index in [-0.39, 0.29) is 18.6 Å². The summed E-state index contributed by atoms with van der Waals surface area (Å²) in [6, 6.07) is 0.611. The highest BCUT2D eigenvalue weighted by molar-refractivity contribution is 5.77. The highest BCUT2D eigenvalue weighted by Gasteiger charge is 2.24. The Hall–Kier alpha value is -0.610. The molecule has 1 fully saturated rings. The van der Waals surface area contributed by atoms with E-state index in [0.717, 1.165) is 19.6 Å². The highest BCUT2D eigenvalue weighted by atomic mass is 16.5. The molecule has 1 aliphatic heterocycles. The van der Waals surface area contributed by atoms with Crippen molar-refractivity contribution >= 4 is 5.91 Å². The van der Waals surface area contributed by atoms with Gasteiger partial charge in [-0.1, -0.05) is 0 Å². The lowest BCUT2D eigenvalue weighted by molar-refractivity contribution is -0.127. The Morgan fingerprint density at radius 1 is 1.41 bits per heavy atom. The summed E-state index contributed by atoms with van der Waals surface area (Å²) in [6.07, 6.45) is 1.30. The summed E-state index contributed by atoms with van der Waals surface area (Å²) in [6.45, 7) is 11.5. The van der Waals surface area contributed by atoms with Crippen LogP contribution in [0.5, 0.6) is 0 Å². The molecule has 4 heteroatoms. The fourth-order valence-corrected chi connectivity index (χ4v) is 2.05. The molecule has 1 rings (SSSR count). The van der Waals surface area contributed by atoms with E-state index in [1.807, 2.05) is 13.8 Å². The second-order valence-electron chi connectivity index (χ2n) is 5.41. The lowest BCUT2D eigenvalue weighted by atomic mass is 10.1. The zero-order valence-electron chi connectivity index (χ0n) is 11.5. The van der Waals surface area contributed by atoms with Gasteiger partial charge < -0.3 is 15.0 Å². The zero-order chi connectivity index (χ0) is 12.8. The molecule has 1 saturated heterocycles. The number of carbonyl (C=O) groups excluding carboxylic acids is 1. The number of amides is 1. The van der Waals surface area contributed by atoms with Crippen molar-refractivity contribution in [2.75, 3.05) is 26.2 Å². The molecule has 1 unspecified atom stereocenters. The van der Waals surface area contributed by atoms with Gasteiger partial charge in [0.1, 0.15) is 6.61 Å². The Labute approximate surface area is 105 Å². The van der Waals surface area contributed by atoms with Crippen molar-refractivity contribution < 1.29 is 9.53 Å². The molecule has 0 aromatic carbocycles. The first-order valence-corrected chi connectivity index (χ1v) is 6.61. The molecule has 0 saturated carbocycles. The van der Waals surface area contributed by atoms with Gasteiger partial charge in [-0.2, -0.15) is 0 Å². The predicted octanol–water partition coefficient (Wildman–Crippen LogP) is 1.26. The minimum absolute atomic E-state index is 0.00157. The molecular weight excluding hydrogens is 216 g/mol. The average molecular weight is 242 g/mol. The molecule has 0 spiro atoms. The van der Waals surface area contributed by atoms with Crippen molar-refractivity contribution in [3.63, 3.8) is 0 Å². The standard InChI is InChI=1S/C13H26N2O2/c1-10(2)15-6-5-12(8-15)7-14-13(16)9-17-11(3)4/h10-12H,5-9H2,1-4H3,(H,14,16). The number of carbonyl (C=O) groups is 1. The molecule has 1 amide bonds. The largest absolute Gasteiger partial charge is 0.369 e. The molecule has 0 aromatic rings. The van der Waals surface area contributed by atoms with E-state index in [1.165, 1.54) is 6.42 Å². The maximum Gasteiger partial charge on any atom is 0.246 e. The molecule has 1 atom stereocenters. The predicted molar refractivity (Wildman–Crippen MR) is 68.9 cm³/mol. The number of nitrogens with zero attached hydrogens (tertiary/aromatic N) is 1. The first-order chi connectivity index (χ1) is 7.99. The zero-order valence-corrected chi connectivity index (χ0v) is 11.5. The molecule has 1 heterocycles. The summed E-state index contributed by atoms with van der Waals surface area (Å²) in [4.78, 5) is 13.9. The van der Waals surface area contributed by atoms with E-state index >= 15 is 0 Å². The van der Waals surface area contributed by atoms with E-state index in [2.05, 4.69) is 24.1 Å². The van der Waals surface area contributed by atoms with E-state index in [0.29, 0.717) is 12.0 Å². The molecule has 1 N–H and O–H groups in total. The first-order valence-electron chi connectivity index (χ1n) is 6.61. The highest BCUT2D eigenvalue weighted by Crippen LogP contribution is 2.17. The number of rotatable bonds is 6. The Morgan fingerprint density at radius 2 is 2.12 bits per heavy atom. The fourth-order valence-electron chi connectivity index (χ4n) is 2.05. The van der Waals surface area contributed by atoms with Crippen molar-refractivity contribution in [3.8, 4) is 0 Å². The van der Waals surface area contributed by atoms with Crippen LogP contribution in [0.4, 0.5) is 0 Å². The van der Waals surface area contributed by atoms with Gasteiger partial charge in [0.25, 0.3) is 0 Å². The quantitative estimate of drug-likeness (QED) is 0.762. The van der Waals surface area contributed by atoms with Crippen molar-refractivity contribution in [1.82, 2.24) is 10.2 Å². The van der Waals surface area contributed by atoms with Gasteiger partial charge in [-0.15, -0.1) is 0 Å². The van der Waals surface area contributed by atoms with Crippen LogP contribution in [0.2, 0.25) is 0 Å². The third-order valence-corrected chi connectivity index (χ3v) is 3.18. The van der Waals surface area contributed by atoms with Crippen molar-refractivity contribution in [2.24, 2.45) is 5.92 Å². The van der Waals surface area contributed by atoms with E-state index in [9.17, 15) is 4.79 Å². The summed E-state index contributed by atoms with van der Waals surface area (Å²) >= 11 is 0. The molecule has 0 bridgehead atoms. The molecule has 0 aromatic heterocycles. The van der Waals surface area contributed by atoms with Gasteiger partial charge in [-0.25, -0.2) is 0 Å². The van der Waals surface area contributed by atoms with Crippen LogP contribution in [-0.2, 0) is 9.53 Å². The van der Waals surface area contributed by atoms with Crippen molar-refractivity contribution in [3.05, 3.63) is 0 Å². The maximum atomic E-state index is 11.5. The summed E-state index contributed by atoms with van der Waals surface area (Å²) in [5.74, 6) is 0.599. The van der Waals surface area contributed by atoms with Crippen LogP contribution in [0.1, 0.15) is 34.1 Å². The van der Waals surface area contributed by atoms with Gasteiger partial charge in [0.15, 0.2) is 0 Å². The van der Waals surface area contributed by atoms with E-state index in [4.69, 9.17) is 4.74 Å². The Kier molecular flexibility index (Phi) is 5.92. The monoisotopic (exact) mass is 242 g/mol. The SMILES string of the molecule is CC(C)OCC(=O)NCC1CCN(C(C)C)C1. The van der Waals surface area contributed by atoms with E-state index < -0.39 is 0 Å². The van der Waals surface area contributed by atoms with Crippen LogP contribution in [-0.4, -0.2) is 49.2 Å². The van der Waals surface area contributed by atoms with Crippen LogP contribution >= 0.6 is 0 Å². The molecule has 1 aliphatic rings. The third kappa shape index (κ3) is 5.50. The van der Waals surface area contributed by atoms with Crippen LogP contribution in [0.3, 0.4) is 0 Å². The Bertz CT molecular complexity index is 242. The van der Waals surface area contributed by atoms with Gasteiger partial charge >= 0.3 is 0 Å². The lowest BCUT2D eigenvalue weighted by Gasteiger charge is -2.20. The van der Waals surface area contributed by atoms with Crippen LogP contribution in [0.15, 0.2) is 0 Å². The number of ether oxygens (including phenoxy) is 1. The number of likely N-dealkylation sites (tertiary alicyclic amines) is 1. The molecule has 0 radical (unpaired) electrons. The van der Waals surface area contributed by atoms with E-state index in [1.54, 1.807) is 0 Å². The number of hydrogen-bond acceptors (Lipinski definition) is 3. The van der Waals surface area contributed by atoms with Gasteiger partial charge in [0.2, 0.25) is 5.91 Å². The molecular formula is C13H26N2O2. The van der Waals surface area contributed by atoms with Crippen LogP contribution < -0.4 is 5.32 Å². The van der Waals surface area contributed by atoms with Crippen molar-refractivity contribution in [1.29, 1.82) is 0 Å². The summed E-state index contributed by atoms with van der Waals surface area (Å²) in [5.41, 5.74) is 0. The van der Waals surface area contributed by atoms with Crippen LogP contribution in [0, 0.1) is 5.92 Å². The second-order valence-corrected chi connectivity index (χ2v) is 5.41.